The van der Waals surface area contributed by atoms with Gasteiger partial charge in [-0.05, 0) is 31.2 Å². The zero-order valence-corrected chi connectivity index (χ0v) is 14.0. The number of nitrogens with zero attached hydrogens (tertiary/aromatic N) is 3. The molecule has 0 spiro atoms. The Morgan fingerprint density at radius 3 is 2.92 bits per heavy atom. The zero-order chi connectivity index (χ0) is 16.8. The predicted molar refractivity (Wildman–Crippen MR) is 91.3 cm³/mol. The van der Waals surface area contributed by atoms with E-state index in [1.54, 1.807) is 10.9 Å². The molecule has 130 valence electrons. The van der Waals surface area contributed by atoms with Crippen LogP contribution in [0.1, 0.15) is 13.3 Å². The number of hydrogen-bond donors (Lipinski definition) is 1. The van der Waals surface area contributed by atoms with Gasteiger partial charge in [0.25, 0.3) is 0 Å². The fourth-order valence-corrected chi connectivity index (χ4v) is 2.99. The molecule has 0 amide bonds. The van der Waals surface area contributed by atoms with Crippen molar-refractivity contribution < 1.29 is 14.6 Å². The molecule has 0 radical (unpaired) electrons. The standard InChI is InChI=1S/C18H25N3O3/c1-2-9-20(11-15(22)12-21-10-5-8-19-21)13-16-14-23-17-6-3-4-7-18(17)24-16/h3-8,10,15-16,22H,2,9,11-14H2,1H3/t15-,16+/m0/s1. The van der Waals surface area contributed by atoms with Crippen LogP contribution in [0.5, 0.6) is 11.5 Å². The molecule has 0 saturated carbocycles. The predicted octanol–water partition coefficient (Wildman–Crippen LogP) is 1.80. The highest BCUT2D eigenvalue weighted by molar-refractivity contribution is 5.40. The summed E-state index contributed by atoms with van der Waals surface area (Å²) in [4.78, 5) is 2.23. The highest BCUT2D eigenvalue weighted by Gasteiger charge is 2.24. The average Bonchev–Trinajstić information content (AvgIpc) is 3.07. The first-order valence-corrected chi connectivity index (χ1v) is 8.51. The second-order valence-electron chi connectivity index (χ2n) is 6.14. The number of benzene rings is 1. The van der Waals surface area contributed by atoms with Crippen LogP contribution >= 0.6 is 0 Å². The van der Waals surface area contributed by atoms with Gasteiger partial charge in [0.2, 0.25) is 0 Å². The van der Waals surface area contributed by atoms with E-state index in [9.17, 15) is 5.11 Å². The topological polar surface area (TPSA) is 59.8 Å². The molecule has 6 nitrogen and oxygen atoms in total. The van der Waals surface area contributed by atoms with Gasteiger partial charge in [-0.25, -0.2) is 0 Å². The van der Waals surface area contributed by atoms with E-state index in [0.29, 0.717) is 19.7 Å². The number of para-hydroxylation sites is 2. The molecule has 0 aliphatic carbocycles. The summed E-state index contributed by atoms with van der Waals surface area (Å²) in [5, 5.41) is 14.5. The molecule has 1 aliphatic heterocycles. The molecule has 2 aromatic rings. The molecule has 6 heteroatoms. The van der Waals surface area contributed by atoms with Crippen LogP contribution in [0.25, 0.3) is 0 Å². The number of aromatic nitrogens is 2. The molecule has 2 atom stereocenters. The summed E-state index contributed by atoms with van der Waals surface area (Å²) >= 11 is 0. The third-order valence-corrected chi connectivity index (χ3v) is 4.00. The number of fused-ring (bicyclic) bond motifs is 1. The summed E-state index contributed by atoms with van der Waals surface area (Å²) < 4.78 is 13.6. The van der Waals surface area contributed by atoms with Gasteiger partial charge in [0.1, 0.15) is 12.7 Å². The Balaban J connectivity index is 1.54. The van der Waals surface area contributed by atoms with Gasteiger partial charge in [-0.2, -0.15) is 5.10 Å². The SMILES string of the molecule is CCCN(C[C@H](O)Cn1cccn1)C[C@@H]1COc2ccccc2O1. The van der Waals surface area contributed by atoms with Gasteiger partial charge in [-0.3, -0.25) is 9.58 Å². The molecular formula is C18H25N3O3. The normalized spacial score (nSPS) is 17.9. The summed E-state index contributed by atoms with van der Waals surface area (Å²) in [6.45, 7) is 5.41. The molecule has 0 unspecified atom stereocenters. The van der Waals surface area contributed by atoms with Gasteiger partial charge in [0, 0.05) is 25.5 Å². The van der Waals surface area contributed by atoms with E-state index in [2.05, 4.69) is 16.9 Å². The van der Waals surface area contributed by atoms with Gasteiger partial charge in [-0.15, -0.1) is 0 Å². The monoisotopic (exact) mass is 331 g/mol. The number of ether oxygens (including phenoxy) is 2. The summed E-state index contributed by atoms with van der Waals surface area (Å²) in [5.41, 5.74) is 0. The maximum Gasteiger partial charge on any atom is 0.161 e. The molecular weight excluding hydrogens is 306 g/mol. The fourth-order valence-electron chi connectivity index (χ4n) is 2.99. The lowest BCUT2D eigenvalue weighted by Gasteiger charge is -2.32. The average molecular weight is 331 g/mol. The third kappa shape index (κ3) is 4.49. The Kier molecular flexibility index (Phi) is 5.72. The van der Waals surface area contributed by atoms with E-state index in [0.717, 1.165) is 31.0 Å². The van der Waals surface area contributed by atoms with Gasteiger partial charge in [0.05, 0.1) is 12.6 Å². The minimum atomic E-state index is -0.465. The number of rotatable bonds is 8. The van der Waals surface area contributed by atoms with Gasteiger partial charge in [0.15, 0.2) is 11.5 Å². The minimum Gasteiger partial charge on any atom is -0.486 e. The van der Waals surface area contributed by atoms with Crippen LogP contribution in [-0.2, 0) is 6.54 Å². The van der Waals surface area contributed by atoms with E-state index < -0.39 is 6.10 Å². The Morgan fingerprint density at radius 1 is 1.33 bits per heavy atom. The van der Waals surface area contributed by atoms with Crippen molar-refractivity contribution in [1.29, 1.82) is 0 Å². The Hall–Kier alpha value is -2.05. The second kappa shape index (κ2) is 8.17. The quantitative estimate of drug-likeness (QED) is 0.799. The van der Waals surface area contributed by atoms with Crippen LogP contribution in [0.2, 0.25) is 0 Å². The summed E-state index contributed by atoms with van der Waals surface area (Å²) in [5.74, 6) is 1.59. The van der Waals surface area contributed by atoms with E-state index in [1.165, 1.54) is 0 Å². The van der Waals surface area contributed by atoms with E-state index >= 15 is 0 Å². The van der Waals surface area contributed by atoms with E-state index in [1.807, 2.05) is 36.5 Å². The van der Waals surface area contributed by atoms with Crippen LogP contribution in [0, 0.1) is 0 Å². The van der Waals surface area contributed by atoms with Crippen LogP contribution < -0.4 is 9.47 Å². The molecule has 0 bridgehead atoms. The van der Waals surface area contributed by atoms with Crippen LogP contribution in [0.3, 0.4) is 0 Å². The van der Waals surface area contributed by atoms with Crippen molar-refractivity contribution in [3.05, 3.63) is 42.7 Å². The first kappa shape index (κ1) is 16.8. The maximum absolute atomic E-state index is 10.3. The second-order valence-corrected chi connectivity index (χ2v) is 6.14. The Morgan fingerprint density at radius 2 is 2.17 bits per heavy atom. The lowest BCUT2D eigenvalue weighted by Crippen LogP contribution is -2.44. The Bertz CT molecular complexity index is 618. The van der Waals surface area contributed by atoms with Crippen molar-refractivity contribution in [2.24, 2.45) is 0 Å². The minimum absolute atomic E-state index is 0.0247. The lowest BCUT2D eigenvalue weighted by atomic mass is 10.2. The molecule has 1 aromatic carbocycles. The van der Waals surface area contributed by atoms with Crippen LogP contribution in [-0.4, -0.2) is 58.2 Å². The third-order valence-electron chi connectivity index (χ3n) is 4.00. The van der Waals surface area contributed by atoms with Crippen molar-refractivity contribution in [1.82, 2.24) is 14.7 Å². The van der Waals surface area contributed by atoms with Crippen molar-refractivity contribution in [2.45, 2.75) is 32.1 Å². The van der Waals surface area contributed by atoms with Crippen molar-refractivity contribution >= 4 is 0 Å². The van der Waals surface area contributed by atoms with Gasteiger partial charge >= 0.3 is 0 Å². The van der Waals surface area contributed by atoms with Gasteiger partial charge < -0.3 is 14.6 Å². The largest absolute Gasteiger partial charge is 0.486 e. The van der Waals surface area contributed by atoms with Gasteiger partial charge in [-0.1, -0.05) is 19.1 Å². The number of hydrogen-bond acceptors (Lipinski definition) is 5. The molecule has 0 saturated heterocycles. The van der Waals surface area contributed by atoms with Crippen LogP contribution in [0.4, 0.5) is 0 Å². The summed E-state index contributed by atoms with van der Waals surface area (Å²) in [6, 6.07) is 9.60. The van der Waals surface area contributed by atoms with E-state index in [-0.39, 0.29) is 6.10 Å². The van der Waals surface area contributed by atoms with E-state index in [4.69, 9.17) is 9.47 Å². The lowest BCUT2D eigenvalue weighted by molar-refractivity contribution is 0.0359. The maximum atomic E-state index is 10.3. The summed E-state index contributed by atoms with van der Waals surface area (Å²) in [6.07, 6.45) is 4.12. The first-order valence-electron chi connectivity index (χ1n) is 8.51. The molecule has 1 aliphatic rings. The molecule has 0 fully saturated rings. The molecule has 24 heavy (non-hydrogen) atoms. The Labute approximate surface area is 142 Å². The molecule has 3 rings (SSSR count). The smallest absolute Gasteiger partial charge is 0.161 e. The van der Waals surface area contributed by atoms with Crippen molar-refractivity contribution in [3.63, 3.8) is 0 Å². The molecule has 1 aromatic heterocycles. The molecule has 1 N–H and O–H groups in total. The first-order chi connectivity index (χ1) is 11.7. The van der Waals surface area contributed by atoms with Crippen molar-refractivity contribution in [3.8, 4) is 11.5 Å². The highest BCUT2D eigenvalue weighted by atomic mass is 16.6. The fraction of sp³-hybridized carbons (Fsp3) is 0.500. The van der Waals surface area contributed by atoms with Crippen molar-refractivity contribution in [2.75, 3.05) is 26.2 Å². The number of aliphatic hydroxyl groups excluding tert-OH is 1. The molecule has 2 heterocycles. The highest BCUT2D eigenvalue weighted by Crippen LogP contribution is 2.31. The summed E-state index contributed by atoms with van der Waals surface area (Å²) in [7, 11) is 0. The number of aliphatic hydroxyl groups is 1. The van der Waals surface area contributed by atoms with Crippen LogP contribution in [0.15, 0.2) is 42.7 Å². The zero-order valence-electron chi connectivity index (χ0n) is 14.0.